The van der Waals surface area contributed by atoms with Crippen LogP contribution in [0.4, 0.5) is 26.1 Å². The van der Waals surface area contributed by atoms with E-state index >= 15 is 0 Å². The average Bonchev–Trinajstić information content (AvgIpc) is 3.35. The fourth-order valence-electron chi connectivity index (χ4n) is 5.18. The monoisotopic (exact) mass is 562 g/mol. The lowest BCUT2D eigenvalue weighted by molar-refractivity contribution is 0.00732. The molecule has 4 aromatic heterocycles. The number of halogens is 2. The topological polar surface area (TPSA) is 127 Å². The van der Waals surface area contributed by atoms with Crippen LogP contribution in [-0.2, 0) is 4.74 Å². The summed E-state index contributed by atoms with van der Waals surface area (Å²) < 4.78 is 34.0. The highest BCUT2D eigenvalue weighted by molar-refractivity contribution is 6.00. The van der Waals surface area contributed by atoms with Gasteiger partial charge in [-0.05, 0) is 67.0 Å². The summed E-state index contributed by atoms with van der Waals surface area (Å²) in [6, 6.07) is 8.45. The van der Waals surface area contributed by atoms with E-state index in [4.69, 9.17) is 4.74 Å². The Bertz CT molecular complexity index is 1720. The number of nitrogens with one attached hydrogen (secondary N) is 3. The molecular formula is C28H28F2N8O3. The minimum Gasteiger partial charge on any atom is -0.379 e. The third-order valence-corrected chi connectivity index (χ3v) is 7.75. The Morgan fingerprint density at radius 3 is 2.71 bits per heavy atom. The van der Waals surface area contributed by atoms with E-state index in [1.165, 1.54) is 15.3 Å². The molecule has 4 aromatic rings. The normalized spacial score (nSPS) is 19.8. The van der Waals surface area contributed by atoms with Gasteiger partial charge in [-0.25, -0.2) is 9.97 Å². The largest absolute Gasteiger partial charge is 0.379 e. The molecule has 0 bridgehead atoms. The van der Waals surface area contributed by atoms with Crippen LogP contribution in [0, 0.1) is 0 Å². The molecule has 11 nitrogen and oxygen atoms in total. The molecule has 0 aromatic carbocycles. The molecule has 0 aliphatic heterocycles. The summed E-state index contributed by atoms with van der Waals surface area (Å²) in [5.41, 5.74) is 1.48. The maximum absolute atomic E-state index is 13.5. The number of allylic oxidation sites excluding steroid dienone is 1. The Balaban J connectivity index is 1.28. The Hall–Kier alpha value is -4.65. The first-order valence-corrected chi connectivity index (χ1v) is 13.2. The Morgan fingerprint density at radius 2 is 2.00 bits per heavy atom. The number of hydrogen-bond donors (Lipinski definition) is 3. The summed E-state index contributed by atoms with van der Waals surface area (Å²) >= 11 is 0. The van der Waals surface area contributed by atoms with Gasteiger partial charge in [0.25, 0.3) is 17.5 Å². The molecule has 0 unspecified atom stereocenters. The highest BCUT2D eigenvalue weighted by Gasteiger charge is 2.33. The predicted molar refractivity (Wildman–Crippen MR) is 148 cm³/mol. The summed E-state index contributed by atoms with van der Waals surface area (Å²) in [5.74, 6) is 0.920. The van der Waals surface area contributed by atoms with Crippen molar-refractivity contribution < 1.29 is 18.3 Å². The van der Waals surface area contributed by atoms with E-state index in [9.17, 15) is 18.4 Å². The van der Waals surface area contributed by atoms with E-state index in [-0.39, 0.29) is 40.8 Å². The number of anilines is 3. The third kappa shape index (κ3) is 4.92. The van der Waals surface area contributed by atoms with Crippen molar-refractivity contribution in [1.29, 1.82) is 0 Å². The van der Waals surface area contributed by atoms with E-state index < -0.39 is 6.08 Å². The second-order valence-corrected chi connectivity index (χ2v) is 10.1. The maximum Gasteiger partial charge on any atom is 0.279 e. The number of hydrogen-bond acceptors (Lipinski definition) is 8. The first kappa shape index (κ1) is 26.6. The van der Waals surface area contributed by atoms with Gasteiger partial charge < -0.3 is 20.7 Å². The summed E-state index contributed by atoms with van der Waals surface area (Å²) in [4.78, 5) is 35.5. The zero-order valence-corrected chi connectivity index (χ0v) is 22.4. The standard InChI is InChI=1S/C28H28F2N8O3/c1-31-23-13-22(36-26-18(14-33-38(23)26)27(39)35-19-5-6-21(19)41-2)34-20-4-3-9-37(28(20)40)24-12-15(7-8-32-24)16-10-17(11-16)25(29)30/h3-4,7-9,12-14,16,19,21,31H,5-6,10-11H2,1-2H3,(H,34,36)(H,35,39)/t19-,21-/m1/s1. The third-order valence-electron chi connectivity index (χ3n) is 7.75. The molecule has 2 aliphatic carbocycles. The van der Waals surface area contributed by atoms with E-state index in [2.05, 4.69) is 31.0 Å². The molecule has 0 spiro atoms. The molecule has 1 amide bonds. The van der Waals surface area contributed by atoms with E-state index in [0.29, 0.717) is 41.5 Å². The smallest absolute Gasteiger partial charge is 0.279 e. The predicted octanol–water partition coefficient (Wildman–Crippen LogP) is 4.00. The van der Waals surface area contributed by atoms with Crippen molar-refractivity contribution in [3.63, 3.8) is 0 Å². The van der Waals surface area contributed by atoms with Crippen molar-refractivity contribution in [3.8, 4) is 5.82 Å². The van der Waals surface area contributed by atoms with Gasteiger partial charge in [0.05, 0.1) is 18.3 Å². The van der Waals surface area contributed by atoms with Crippen molar-refractivity contribution >= 4 is 28.9 Å². The summed E-state index contributed by atoms with van der Waals surface area (Å²) in [6.07, 6.45) is 5.31. The zero-order valence-electron chi connectivity index (χ0n) is 22.4. The number of carbonyl (C=O) groups excluding carboxylic acids is 1. The van der Waals surface area contributed by atoms with E-state index in [1.807, 2.05) is 0 Å². The van der Waals surface area contributed by atoms with Crippen molar-refractivity contribution in [2.45, 2.75) is 43.7 Å². The lowest BCUT2D eigenvalue weighted by Crippen LogP contribution is -2.51. The van der Waals surface area contributed by atoms with Crippen LogP contribution in [-0.4, -0.2) is 56.4 Å². The number of aromatic nitrogens is 5. The van der Waals surface area contributed by atoms with Crippen molar-refractivity contribution in [1.82, 2.24) is 29.5 Å². The number of rotatable bonds is 8. The van der Waals surface area contributed by atoms with Crippen LogP contribution in [0.1, 0.15) is 47.5 Å². The van der Waals surface area contributed by atoms with Crippen molar-refractivity contribution in [3.05, 3.63) is 82.1 Å². The van der Waals surface area contributed by atoms with Gasteiger partial charge in [0.1, 0.15) is 28.7 Å². The van der Waals surface area contributed by atoms with Gasteiger partial charge in [0, 0.05) is 32.6 Å². The highest BCUT2D eigenvalue weighted by atomic mass is 19.3. The molecule has 2 fully saturated rings. The second-order valence-electron chi connectivity index (χ2n) is 10.1. The average molecular weight is 563 g/mol. The van der Waals surface area contributed by atoms with Gasteiger partial charge in [-0.1, -0.05) is 0 Å². The number of carbonyl (C=O) groups is 1. The lowest BCUT2D eigenvalue weighted by Gasteiger charge is -2.35. The Morgan fingerprint density at radius 1 is 1.17 bits per heavy atom. The van der Waals surface area contributed by atoms with Crippen LogP contribution in [0.5, 0.6) is 0 Å². The summed E-state index contributed by atoms with van der Waals surface area (Å²) in [5, 5.41) is 13.4. The number of pyridine rings is 2. The van der Waals surface area contributed by atoms with Crippen LogP contribution in [0.3, 0.4) is 0 Å². The van der Waals surface area contributed by atoms with Gasteiger partial charge in [-0.2, -0.15) is 18.4 Å². The van der Waals surface area contributed by atoms with Gasteiger partial charge in [0.15, 0.2) is 5.65 Å². The summed E-state index contributed by atoms with van der Waals surface area (Å²) in [7, 11) is 3.34. The van der Waals surface area contributed by atoms with Gasteiger partial charge >= 0.3 is 0 Å². The number of ether oxygens (including phenoxy) is 1. The van der Waals surface area contributed by atoms with Gasteiger partial charge in [0.2, 0.25) is 0 Å². The Labute approximate surface area is 233 Å². The SMILES string of the molecule is CNc1cc(Nc2cccn(-c3cc(C4CC(=C(F)F)C4)ccn3)c2=O)nc2c(C(=O)N[C@@H]3CC[C@H]3OC)cnn12. The first-order valence-electron chi connectivity index (χ1n) is 13.2. The van der Waals surface area contributed by atoms with Crippen molar-refractivity contribution in [2.24, 2.45) is 0 Å². The molecule has 2 saturated carbocycles. The van der Waals surface area contributed by atoms with Crippen LogP contribution in [0.25, 0.3) is 11.5 Å². The minimum atomic E-state index is -1.61. The van der Waals surface area contributed by atoms with Crippen LogP contribution < -0.4 is 21.5 Å². The molecular weight excluding hydrogens is 534 g/mol. The minimum absolute atomic E-state index is 0.0181. The number of fused-ring (bicyclic) bond motifs is 1. The van der Waals surface area contributed by atoms with Crippen LogP contribution in [0.15, 0.2) is 65.4 Å². The Kier molecular flexibility index (Phi) is 6.95. The van der Waals surface area contributed by atoms with Crippen LogP contribution in [0.2, 0.25) is 0 Å². The highest BCUT2D eigenvalue weighted by Crippen LogP contribution is 2.43. The molecule has 41 heavy (non-hydrogen) atoms. The lowest BCUT2D eigenvalue weighted by atomic mass is 9.76. The van der Waals surface area contributed by atoms with Crippen LogP contribution >= 0.6 is 0 Å². The molecule has 13 heteroatoms. The molecule has 2 aliphatic rings. The second kappa shape index (κ2) is 10.7. The van der Waals surface area contributed by atoms with E-state index in [1.54, 1.807) is 56.9 Å². The molecule has 0 radical (unpaired) electrons. The van der Waals surface area contributed by atoms with E-state index in [0.717, 1.165) is 18.4 Å². The number of amides is 1. The van der Waals surface area contributed by atoms with Gasteiger partial charge in [-0.15, -0.1) is 0 Å². The van der Waals surface area contributed by atoms with Crippen molar-refractivity contribution in [2.75, 3.05) is 24.8 Å². The number of methoxy groups -OCH3 is 1. The molecule has 3 N–H and O–H groups in total. The fraction of sp³-hybridized carbons (Fsp3) is 0.321. The number of nitrogens with zero attached hydrogens (tertiary/aromatic N) is 5. The maximum atomic E-state index is 13.5. The molecule has 2 atom stereocenters. The zero-order chi connectivity index (χ0) is 28.7. The summed E-state index contributed by atoms with van der Waals surface area (Å²) in [6.45, 7) is 0. The van der Waals surface area contributed by atoms with Gasteiger partial charge in [-0.3, -0.25) is 14.2 Å². The first-order chi connectivity index (χ1) is 19.9. The quantitative estimate of drug-likeness (QED) is 0.294. The molecule has 6 rings (SSSR count). The molecule has 4 heterocycles. The fourth-order valence-corrected chi connectivity index (χ4v) is 5.18. The molecule has 0 saturated heterocycles. The molecule has 212 valence electrons.